The Morgan fingerprint density at radius 2 is 1.89 bits per heavy atom. The van der Waals surface area contributed by atoms with Gasteiger partial charge in [-0.2, -0.15) is 5.26 Å². The van der Waals surface area contributed by atoms with Gasteiger partial charge in [-0.05, 0) is 42.7 Å². The van der Waals surface area contributed by atoms with Gasteiger partial charge in [0.25, 0.3) is 5.91 Å². The number of hydrogen-bond acceptors (Lipinski definition) is 5. The van der Waals surface area contributed by atoms with Crippen LogP contribution in [0.3, 0.4) is 0 Å². The molecule has 1 aliphatic heterocycles. The Morgan fingerprint density at radius 3 is 2.56 bits per heavy atom. The molecule has 1 heterocycles. The molecule has 2 amide bonds. The van der Waals surface area contributed by atoms with E-state index in [0.717, 1.165) is 24.8 Å². The quantitative estimate of drug-likeness (QED) is 0.494. The van der Waals surface area contributed by atoms with E-state index in [1.165, 1.54) is 23.2 Å². The molecule has 0 bridgehead atoms. The summed E-state index contributed by atoms with van der Waals surface area (Å²) in [5.41, 5.74) is 2.16. The predicted molar refractivity (Wildman–Crippen MR) is 136 cm³/mol. The second-order valence-electron chi connectivity index (χ2n) is 8.76. The van der Waals surface area contributed by atoms with Crippen molar-refractivity contribution in [1.29, 1.82) is 5.26 Å². The molecular formula is C27H35F2N5O2. The first-order chi connectivity index (χ1) is 16.7. The van der Waals surface area contributed by atoms with Crippen molar-refractivity contribution >= 4 is 17.5 Å². The Hall–Kier alpha value is -3.51. The maximum atomic E-state index is 14.2. The number of benzene rings is 2. The number of nitriles is 1. The zero-order valence-corrected chi connectivity index (χ0v) is 20.4. The Labute approximate surface area is 212 Å². The molecule has 1 N–H and O–H groups in total. The molecule has 2 aromatic rings. The smallest absolute Gasteiger partial charge is 0.256 e. The van der Waals surface area contributed by atoms with Gasteiger partial charge in [0.2, 0.25) is 5.91 Å². The molecule has 0 radical (unpaired) electrons. The molecule has 0 aliphatic carbocycles. The van der Waals surface area contributed by atoms with Crippen molar-refractivity contribution in [3.05, 3.63) is 64.2 Å². The molecule has 1 aliphatic rings. The van der Waals surface area contributed by atoms with Gasteiger partial charge in [-0.15, -0.1) is 0 Å². The second-order valence-corrected chi connectivity index (χ2v) is 8.76. The molecule has 7 nitrogen and oxygen atoms in total. The SMILES string of the molecule is C.CCCCCNC(=O)CN(CC(=O)N(C)N1Cc2cccc(F)c2C1)c1cc(C#N)c(F)cc1C. The zero-order chi connectivity index (χ0) is 25.5. The van der Waals surface area contributed by atoms with Crippen LogP contribution in [0, 0.1) is 29.9 Å². The summed E-state index contributed by atoms with van der Waals surface area (Å²) in [5, 5.41) is 15.3. The number of fused-ring (bicyclic) bond motifs is 1. The number of nitrogens with one attached hydrogen (secondary N) is 1. The minimum absolute atomic E-state index is 0. The van der Waals surface area contributed by atoms with Gasteiger partial charge in [-0.3, -0.25) is 14.6 Å². The van der Waals surface area contributed by atoms with Crippen LogP contribution in [-0.2, 0) is 22.7 Å². The van der Waals surface area contributed by atoms with Crippen LogP contribution in [0.1, 0.15) is 55.9 Å². The topological polar surface area (TPSA) is 79.7 Å². The van der Waals surface area contributed by atoms with E-state index < -0.39 is 5.82 Å². The molecule has 9 heteroatoms. The summed E-state index contributed by atoms with van der Waals surface area (Å²) >= 11 is 0. The van der Waals surface area contributed by atoms with Crippen LogP contribution in [0.15, 0.2) is 30.3 Å². The molecule has 194 valence electrons. The molecule has 0 unspecified atom stereocenters. The van der Waals surface area contributed by atoms with Gasteiger partial charge in [0, 0.05) is 37.9 Å². The van der Waals surface area contributed by atoms with Gasteiger partial charge in [0.1, 0.15) is 17.7 Å². The van der Waals surface area contributed by atoms with Gasteiger partial charge in [0.15, 0.2) is 0 Å². The fraction of sp³-hybridized carbons (Fsp3) is 0.444. The van der Waals surface area contributed by atoms with Crippen molar-refractivity contribution in [3.63, 3.8) is 0 Å². The molecule has 0 saturated heterocycles. The maximum absolute atomic E-state index is 14.2. The number of carbonyl (C=O) groups excluding carboxylic acids is 2. The van der Waals surface area contributed by atoms with Crippen molar-refractivity contribution in [1.82, 2.24) is 15.3 Å². The molecule has 3 rings (SSSR count). The summed E-state index contributed by atoms with van der Waals surface area (Å²) in [6.07, 6.45) is 2.87. The highest BCUT2D eigenvalue weighted by Crippen LogP contribution is 2.27. The van der Waals surface area contributed by atoms with Crippen LogP contribution in [-0.4, -0.2) is 48.5 Å². The minimum Gasteiger partial charge on any atom is -0.355 e. The van der Waals surface area contributed by atoms with Crippen molar-refractivity contribution in [2.75, 3.05) is 31.6 Å². The zero-order valence-electron chi connectivity index (χ0n) is 20.4. The number of anilines is 1. The highest BCUT2D eigenvalue weighted by molar-refractivity contribution is 5.86. The fourth-order valence-electron chi connectivity index (χ4n) is 4.14. The summed E-state index contributed by atoms with van der Waals surface area (Å²) < 4.78 is 28.3. The first-order valence-electron chi connectivity index (χ1n) is 11.7. The first kappa shape index (κ1) is 28.7. The first-order valence-corrected chi connectivity index (χ1v) is 11.7. The monoisotopic (exact) mass is 499 g/mol. The minimum atomic E-state index is -0.655. The third-order valence-electron chi connectivity index (χ3n) is 6.20. The third-order valence-corrected chi connectivity index (χ3v) is 6.20. The summed E-state index contributed by atoms with van der Waals surface area (Å²) in [6.45, 7) is 4.61. The molecule has 2 aromatic carbocycles. The van der Waals surface area contributed by atoms with Gasteiger partial charge < -0.3 is 10.2 Å². The van der Waals surface area contributed by atoms with Crippen molar-refractivity contribution in [2.45, 2.75) is 53.6 Å². The number of hydrazine groups is 1. The predicted octanol–water partition coefficient (Wildman–Crippen LogP) is 4.28. The largest absolute Gasteiger partial charge is 0.355 e. The molecule has 0 aromatic heterocycles. The average Bonchev–Trinajstić information content (AvgIpc) is 3.27. The van der Waals surface area contributed by atoms with Crippen LogP contribution >= 0.6 is 0 Å². The number of hydrogen-bond donors (Lipinski definition) is 1. The Morgan fingerprint density at radius 1 is 1.14 bits per heavy atom. The second kappa shape index (κ2) is 13.0. The summed E-state index contributed by atoms with van der Waals surface area (Å²) in [6, 6.07) is 9.28. The molecule has 0 fully saturated rings. The van der Waals surface area contributed by atoms with Crippen LogP contribution < -0.4 is 10.2 Å². The number of halogens is 2. The van der Waals surface area contributed by atoms with E-state index in [0.29, 0.717) is 29.9 Å². The Balaban J connectivity index is 0.00000456. The van der Waals surface area contributed by atoms with E-state index in [1.54, 1.807) is 29.9 Å². The average molecular weight is 500 g/mol. The van der Waals surface area contributed by atoms with E-state index in [2.05, 4.69) is 12.2 Å². The fourth-order valence-corrected chi connectivity index (χ4v) is 4.14. The number of nitrogens with zero attached hydrogens (tertiary/aromatic N) is 4. The van der Waals surface area contributed by atoms with Crippen LogP contribution in [0.4, 0.5) is 14.5 Å². The lowest BCUT2D eigenvalue weighted by Gasteiger charge is -2.32. The van der Waals surface area contributed by atoms with Gasteiger partial charge in [0.05, 0.1) is 18.7 Å². The maximum Gasteiger partial charge on any atom is 0.256 e. The molecule has 36 heavy (non-hydrogen) atoms. The van der Waals surface area contributed by atoms with Crippen LogP contribution in [0.5, 0.6) is 0 Å². The van der Waals surface area contributed by atoms with Crippen LogP contribution in [0.2, 0.25) is 0 Å². The summed E-state index contributed by atoms with van der Waals surface area (Å²) in [7, 11) is 1.60. The number of rotatable bonds is 10. The Kier molecular flexibility index (Phi) is 10.4. The van der Waals surface area contributed by atoms with Gasteiger partial charge in [-0.1, -0.05) is 39.3 Å². The highest BCUT2D eigenvalue weighted by atomic mass is 19.1. The lowest BCUT2D eigenvalue weighted by molar-refractivity contribution is -0.145. The molecular weight excluding hydrogens is 464 g/mol. The number of unbranched alkanes of at least 4 members (excludes halogenated alkanes) is 2. The molecule has 0 atom stereocenters. The third kappa shape index (κ3) is 6.79. The van der Waals surface area contributed by atoms with Gasteiger partial charge >= 0.3 is 0 Å². The van der Waals surface area contributed by atoms with Crippen LogP contribution in [0.25, 0.3) is 0 Å². The van der Waals surface area contributed by atoms with Crippen molar-refractivity contribution in [3.8, 4) is 6.07 Å². The van der Waals surface area contributed by atoms with E-state index in [-0.39, 0.29) is 50.3 Å². The normalized spacial score (nSPS) is 12.3. The van der Waals surface area contributed by atoms with E-state index >= 15 is 0 Å². The van der Waals surface area contributed by atoms with Gasteiger partial charge in [-0.25, -0.2) is 13.8 Å². The number of aryl methyl sites for hydroxylation is 1. The highest BCUT2D eigenvalue weighted by Gasteiger charge is 2.29. The number of likely N-dealkylation sites (N-methyl/N-ethyl adjacent to an activating group) is 1. The lowest BCUT2D eigenvalue weighted by Crippen LogP contribution is -2.48. The standard InChI is InChI=1S/C26H31F2N5O2.CH4/c1-4-5-6-10-30-25(34)16-32(24-12-20(13-29)23(28)11-18(24)2)17-26(35)31(3)33-14-19-8-7-9-22(27)21(19)15-33;/h7-9,11-12H,4-6,10,14-17H2,1-3H3,(H,30,34);1H4. The lowest BCUT2D eigenvalue weighted by atomic mass is 10.1. The van der Waals surface area contributed by atoms with E-state index in [9.17, 15) is 23.6 Å². The van der Waals surface area contributed by atoms with Crippen molar-refractivity contribution < 1.29 is 18.4 Å². The van der Waals surface area contributed by atoms with E-state index in [1.807, 2.05) is 12.1 Å². The van der Waals surface area contributed by atoms with E-state index in [4.69, 9.17) is 0 Å². The number of amides is 2. The summed E-state index contributed by atoms with van der Waals surface area (Å²) in [4.78, 5) is 27.4. The molecule has 0 spiro atoms. The Bertz CT molecular complexity index is 1130. The van der Waals surface area contributed by atoms with Crippen molar-refractivity contribution in [2.24, 2.45) is 0 Å². The summed E-state index contributed by atoms with van der Waals surface area (Å²) in [5.74, 6) is -1.55. The molecule has 0 saturated carbocycles. The number of carbonyl (C=O) groups is 2.